The van der Waals surface area contributed by atoms with Crippen molar-refractivity contribution in [3.05, 3.63) is 35.9 Å². The van der Waals surface area contributed by atoms with E-state index in [1.165, 1.54) is 6.42 Å². The molecule has 130 valence electrons. The first-order valence-electron chi connectivity index (χ1n) is 8.63. The fraction of sp³-hybridized carbons (Fsp3) is 0.611. The lowest BCUT2D eigenvalue weighted by molar-refractivity contribution is 0.165. The fourth-order valence-electron chi connectivity index (χ4n) is 3.01. The average molecular weight is 329 g/mol. The summed E-state index contributed by atoms with van der Waals surface area (Å²) in [6.07, 6.45) is 6.21. The van der Waals surface area contributed by atoms with Crippen LogP contribution in [0.4, 0.5) is 0 Å². The van der Waals surface area contributed by atoms with Gasteiger partial charge in [0.2, 0.25) is 0 Å². The Morgan fingerprint density at radius 2 is 2.17 bits per heavy atom. The lowest BCUT2D eigenvalue weighted by Crippen LogP contribution is -2.34. The van der Waals surface area contributed by atoms with Gasteiger partial charge in [0.25, 0.3) is 0 Å². The minimum atomic E-state index is -0.0311. The number of hydrogen-bond acceptors (Lipinski definition) is 5. The number of pyridine rings is 1. The number of ether oxygens (including phenoxy) is 1. The molecule has 1 unspecified atom stereocenters. The second kappa shape index (κ2) is 6.89. The van der Waals surface area contributed by atoms with Crippen molar-refractivity contribution in [2.24, 2.45) is 0 Å². The van der Waals surface area contributed by atoms with Crippen LogP contribution in [-0.4, -0.2) is 44.1 Å². The minimum Gasteiger partial charge on any atom is -0.490 e. The number of aryl methyl sites for hydroxylation is 1. The monoisotopic (exact) mass is 329 g/mol. The molecule has 0 aromatic carbocycles. The first kappa shape index (κ1) is 16.9. The van der Waals surface area contributed by atoms with Crippen molar-refractivity contribution in [2.75, 3.05) is 13.2 Å². The molecule has 0 N–H and O–H groups in total. The number of rotatable bonds is 5. The Labute approximate surface area is 143 Å². The predicted octanol–water partition coefficient (Wildman–Crippen LogP) is 2.78. The number of nitrogens with zero attached hydrogens (tertiary/aromatic N) is 5. The van der Waals surface area contributed by atoms with Gasteiger partial charge in [0, 0.05) is 18.8 Å². The Hall–Kier alpha value is -1.95. The van der Waals surface area contributed by atoms with Gasteiger partial charge in [-0.25, -0.2) is 4.68 Å². The topological polar surface area (TPSA) is 56.1 Å². The molecule has 0 saturated carbocycles. The molecule has 1 fully saturated rings. The molecule has 6 nitrogen and oxygen atoms in total. The molecule has 1 aliphatic rings. The van der Waals surface area contributed by atoms with Crippen molar-refractivity contribution in [2.45, 2.75) is 58.7 Å². The van der Waals surface area contributed by atoms with Crippen molar-refractivity contribution in [3.63, 3.8) is 0 Å². The van der Waals surface area contributed by atoms with Crippen LogP contribution in [0.5, 0.6) is 5.75 Å². The molecule has 0 spiro atoms. The summed E-state index contributed by atoms with van der Waals surface area (Å²) in [6.45, 7) is 11.0. The van der Waals surface area contributed by atoms with Crippen molar-refractivity contribution < 1.29 is 4.74 Å². The van der Waals surface area contributed by atoms with E-state index in [0.717, 1.165) is 36.6 Å². The Bertz CT molecular complexity index is 676. The Balaban J connectivity index is 1.59. The summed E-state index contributed by atoms with van der Waals surface area (Å²) in [7, 11) is 0. The Morgan fingerprint density at radius 3 is 2.88 bits per heavy atom. The van der Waals surface area contributed by atoms with Crippen LogP contribution < -0.4 is 4.74 Å². The normalized spacial score (nSPS) is 18.9. The maximum absolute atomic E-state index is 6.00. The summed E-state index contributed by atoms with van der Waals surface area (Å²) < 4.78 is 7.94. The van der Waals surface area contributed by atoms with E-state index in [4.69, 9.17) is 4.74 Å². The lowest BCUT2D eigenvalue weighted by Gasteiger charge is -2.24. The van der Waals surface area contributed by atoms with Crippen LogP contribution in [0.1, 0.15) is 45.0 Å². The molecular weight excluding hydrogens is 302 g/mol. The summed E-state index contributed by atoms with van der Waals surface area (Å²) in [5, 5.41) is 8.59. The molecule has 1 atom stereocenters. The van der Waals surface area contributed by atoms with Gasteiger partial charge in [-0.3, -0.25) is 9.88 Å². The molecule has 0 radical (unpaired) electrons. The third-order valence-corrected chi connectivity index (χ3v) is 4.48. The molecule has 2 aromatic rings. The maximum atomic E-state index is 6.00. The van der Waals surface area contributed by atoms with Gasteiger partial charge in [-0.1, -0.05) is 5.21 Å². The second-order valence-electron chi connectivity index (χ2n) is 7.49. The van der Waals surface area contributed by atoms with Crippen LogP contribution in [0.3, 0.4) is 0 Å². The van der Waals surface area contributed by atoms with Crippen molar-refractivity contribution in [1.82, 2.24) is 24.9 Å². The first-order chi connectivity index (χ1) is 11.4. The van der Waals surface area contributed by atoms with E-state index in [-0.39, 0.29) is 5.54 Å². The third-order valence-electron chi connectivity index (χ3n) is 4.48. The van der Waals surface area contributed by atoms with Crippen molar-refractivity contribution >= 4 is 0 Å². The average Bonchev–Trinajstić information content (AvgIpc) is 3.16. The van der Waals surface area contributed by atoms with Crippen LogP contribution in [0, 0.1) is 6.92 Å². The van der Waals surface area contributed by atoms with Crippen molar-refractivity contribution in [1.29, 1.82) is 0 Å². The summed E-state index contributed by atoms with van der Waals surface area (Å²) in [4.78, 5) is 6.72. The molecule has 2 aromatic heterocycles. The highest BCUT2D eigenvalue weighted by atomic mass is 16.5. The van der Waals surface area contributed by atoms with E-state index in [1.54, 1.807) is 6.20 Å². The molecule has 1 aliphatic heterocycles. The highest BCUT2D eigenvalue weighted by Gasteiger charge is 2.26. The Kier molecular flexibility index (Phi) is 4.85. The highest BCUT2D eigenvalue weighted by molar-refractivity contribution is 5.25. The van der Waals surface area contributed by atoms with Gasteiger partial charge in [-0.15, -0.1) is 5.10 Å². The largest absolute Gasteiger partial charge is 0.490 e. The van der Waals surface area contributed by atoms with Gasteiger partial charge < -0.3 is 4.74 Å². The van der Waals surface area contributed by atoms with E-state index < -0.39 is 0 Å². The fourth-order valence-corrected chi connectivity index (χ4v) is 3.01. The lowest BCUT2D eigenvalue weighted by atomic mass is 10.1. The molecule has 0 amide bonds. The van der Waals surface area contributed by atoms with E-state index in [2.05, 4.69) is 47.2 Å². The second-order valence-corrected chi connectivity index (χ2v) is 7.49. The predicted molar refractivity (Wildman–Crippen MR) is 92.9 cm³/mol. The number of likely N-dealkylation sites (tertiary alicyclic amines) is 1. The molecule has 24 heavy (non-hydrogen) atoms. The van der Waals surface area contributed by atoms with Crippen LogP contribution in [0.25, 0.3) is 0 Å². The molecular formula is C18H27N5O. The van der Waals surface area contributed by atoms with Gasteiger partial charge in [0.05, 0.1) is 23.1 Å². The SMILES string of the molecule is Cc1ncccc1OCC1CCCN1Cc1cn(C(C)(C)C)nn1. The van der Waals surface area contributed by atoms with E-state index >= 15 is 0 Å². The molecule has 0 aliphatic carbocycles. The highest BCUT2D eigenvalue weighted by Crippen LogP contribution is 2.22. The van der Waals surface area contributed by atoms with Crippen molar-refractivity contribution in [3.8, 4) is 5.75 Å². The summed E-state index contributed by atoms with van der Waals surface area (Å²) in [6, 6.07) is 4.32. The van der Waals surface area contributed by atoms with Crippen LogP contribution in [0.15, 0.2) is 24.5 Å². The Morgan fingerprint density at radius 1 is 1.33 bits per heavy atom. The number of hydrogen-bond donors (Lipinski definition) is 0. The molecule has 0 bridgehead atoms. The zero-order valence-corrected chi connectivity index (χ0v) is 15.1. The molecule has 3 rings (SSSR count). The maximum Gasteiger partial charge on any atom is 0.140 e. The molecule has 1 saturated heterocycles. The first-order valence-corrected chi connectivity index (χ1v) is 8.63. The van der Waals surface area contributed by atoms with Gasteiger partial charge in [0.15, 0.2) is 0 Å². The smallest absolute Gasteiger partial charge is 0.140 e. The summed E-state index contributed by atoms with van der Waals surface area (Å²) >= 11 is 0. The zero-order valence-electron chi connectivity index (χ0n) is 15.1. The quantitative estimate of drug-likeness (QED) is 0.844. The van der Waals surface area contributed by atoms with Gasteiger partial charge in [-0.05, 0) is 59.2 Å². The van der Waals surface area contributed by atoms with Gasteiger partial charge >= 0.3 is 0 Å². The van der Waals surface area contributed by atoms with E-state index in [0.29, 0.717) is 12.6 Å². The van der Waals surface area contributed by atoms with Crippen LogP contribution in [0.2, 0.25) is 0 Å². The van der Waals surface area contributed by atoms with Gasteiger partial charge in [-0.2, -0.15) is 0 Å². The zero-order chi connectivity index (χ0) is 17.2. The van der Waals surface area contributed by atoms with Crippen LogP contribution >= 0.6 is 0 Å². The van der Waals surface area contributed by atoms with Crippen LogP contribution in [-0.2, 0) is 12.1 Å². The van der Waals surface area contributed by atoms with E-state index in [1.807, 2.05) is 23.7 Å². The van der Waals surface area contributed by atoms with Gasteiger partial charge in [0.1, 0.15) is 12.4 Å². The summed E-state index contributed by atoms with van der Waals surface area (Å²) in [5.41, 5.74) is 1.93. The molecule has 3 heterocycles. The summed E-state index contributed by atoms with van der Waals surface area (Å²) in [5.74, 6) is 0.878. The number of aromatic nitrogens is 4. The minimum absolute atomic E-state index is 0.0311. The standard InChI is InChI=1S/C18H27N5O/c1-14-17(8-5-9-19-14)24-13-16-7-6-10-22(16)11-15-12-23(21-20-15)18(2,3)4/h5,8-9,12,16H,6-7,10-11,13H2,1-4H3. The molecule has 6 heteroatoms. The third kappa shape index (κ3) is 3.93. The van der Waals surface area contributed by atoms with E-state index in [9.17, 15) is 0 Å².